The van der Waals surface area contributed by atoms with Crippen LogP contribution in [0.3, 0.4) is 0 Å². The van der Waals surface area contributed by atoms with Gasteiger partial charge < -0.3 is 10.0 Å². The summed E-state index contributed by atoms with van der Waals surface area (Å²) in [4.78, 5) is 20.1. The Labute approximate surface area is 148 Å². The number of rotatable bonds is 1. The summed E-state index contributed by atoms with van der Waals surface area (Å²) in [6.45, 7) is 0.917. The van der Waals surface area contributed by atoms with Crippen molar-refractivity contribution >= 4 is 5.91 Å². The molecule has 4 heteroatoms. The Morgan fingerprint density at radius 3 is 2.68 bits per heavy atom. The number of fused-ring (bicyclic) bond motifs is 2. The molecule has 5 aliphatic carbocycles. The van der Waals surface area contributed by atoms with Gasteiger partial charge in [0.25, 0.3) is 0 Å². The minimum absolute atomic E-state index is 0.164. The van der Waals surface area contributed by atoms with E-state index in [2.05, 4.69) is 16.0 Å². The van der Waals surface area contributed by atoms with Gasteiger partial charge >= 0.3 is 0 Å². The molecule has 132 valence electrons. The topological polar surface area (TPSA) is 53.4 Å². The van der Waals surface area contributed by atoms with Crippen LogP contribution in [-0.2, 0) is 17.6 Å². The van der Waals surface area contributed by atoms with Crippen LogP contribution in [0.1, 0.15) is 43.4 Å². The Hall–Kier alpha value is -1.42. The second-order valence-corrected chi connectivity index (χ2v) is 9.56. The van der Waals surface area contributed by atoms with Crippen LogP contribution in [0.15, 0.2) is 18.3 Å². The molecule has 1 aromatic heterocycles. The zero-order valence-electron chi connectivity index (χ0n) is 14.6. The first-order valence-corrected chi connectivity index (χ1v) is 10.1. The van der Waals surface area contributed by atoms with Crippen LogP contribution in [0, 0.1) is 29.6 Å². The molecule has 2 heterocycles. The largest absolute Gasteiger partial charge is 0.390 e. The van der Waals surface area contributed by atoms with Crippen molar-refractivity contribution in [2.75, 3.05) is 6.54 Å². The fourth-order valence-corrected chi connectivity index (χ4v) is 7.40. The summed E-state index contributed by atoms with van der Waals surface area (Å²) in [6, 6.07) is 4.54. The van der Waals surface area contributed by atoms with E-state index in [1.807, 2.05) is 12.3 Å². The van der Waals surface area contributed by atoms with E-state index in [1.54, 1.807) is 0 Å². The van der Waals surface area contributed by atoms with Crippen LogP contribution in [0.5, 0.6) is 0 Å². The molecule has 6 aliphatic rings. The van der Waals surface area contributed by atoms with Crippen LogP contribution < -0.4 is 0 Å². The number of likely N-dealkylation sites (tertiary alicyclic amines) is 1. The van der Waals surface area contributed by atoms with Gasteiger partial charge in [0.05, 0.1) is 5.60 Å². The third-order valence-corrected chi connectivity index (χ3v) is 8.03. The molecule has 4 bridgehead atoms. The lowest BCUT2D eigenvalue weighted by atomic mass is 9.52. The van der Waals surface area contributed by atoms with E-state index in [0.717, 1.165) is 38.6 Å². The van der Waals surface area contributed by atoms with Gasteiger partial charge in [-0.05, 0) is 80.2 Å². The first-order chi connectivity index (χ1) is 12.1. The normalized spacial score (nSPS) is 47.1. The van der Waals surface area contributed by atoms with Gasteiger partial charge in [0.2, 0.25) is 5.91 Å². The average molecular weight is 338 g/mol. The van der Waals surface area contributed by atoms with Crippen LogP contribution in [-0.4, -0.2) is 39.1 Å². The Morgan fingerprint density at radius 2 is 1.92 bits per heavy atom. The molecule has 1 aromatic rings. The Balaban J connectivity index is 1.29. The maximum absolute atomic E-state index is 13.3. The molecule has 0 aromatic carbocycles. The molecule has 0 radical (unpaired) electrons. The van der Waals surface area contributed by atoms with E-state index in [0.29, 0.717) is 35.6 Å². The molecule has 1 amide bonds. The van der Waals surface area contributed by atoms with Crippen LogP contribution in [0.2, 0.25) is 0 Å². The summed E-state index contributed by atoms with van der Waals surface area (Å²) in [7, 11) is 0. The third kappa shape index (κ3) is 2.03. The summed E-state index contributed by atoms with van der Waals surface area (Å²) in [6.07, 6.45) is 9.01. The van der Waals surface area contributed by atoms with Gasteiger partial charge in [-0.1, -0.05) is 6.07 Å². The minimum atomic E-state index is -0.414. The summed E-state index contributed by atoms with van der Waals surface area (Å²) in [5.74, 6) is 2.75. The highest BCUT2D eigenvalue weighted by Crippen LogP contribution is 2.57. The quantitative estimate of drug-likeness (QED) is 0.854. The van der Waals surface area contributed by atoms with E-state index in [4.69, 9.17) is 0 Å². The van der Waals surface area contributed by atoms with Crippen molar-refractivity contribution in [3.63, 3.8) is 0 Å². The standard InChI is InChI=1S/C21H26N2O2/c24-20-17-6-13-2-1-3-22-18(13)7-16(17)11-23(20)19-14-4-12-5-15(19)10-21(25,8-12)9-14/h1-3,12,14-17,19,25H,4-11H2/t12?,14-,15+,16-,17-,19?,21?/m1/s1. The zero-order valence-corrected chi connectivity index (χ0v) is 14.6. The number of hydrogen-bond acceptors (Lipinski definition) is 3. The molecule has 3 unspecified atom stereocenters. The second kappa shape index (κ2) is 4.85. The van der Waals surface area contributed by atoms with Crippen molar-refractivity contribution < 1.29 is 9.90 Å². The molecule has 7 atom stereocenters. The number of nitrogens with zero attached hydrogens (tertiary/aromatic N) is 2. The fraction of sp³-hybridized carbons (Fsp3) is 0.714. The molecular weight excluding hydrogens is 312 g/mol. The molecule has 25 heavy (non-hydrogen) atoms. The maximum Gasteiger partial charge on any atom is 0.226 e. The van der Waals surface area contributed by atoms with Gasteiger partial charge in [-0.2, -0.15) is 0 Å². The van der Waals surface area contributed by atoms with Crippen molar-refractivity contribution in [2.45, 2.75) is 56.6 Å². The number of carbonyl (C=O) groups excluding carboxylic acids is 1. The number of hydrogen-bond donors (Lipinski definition) is 1. The summed E-state index contributed by atoms with van der Waals surface area (Å²) in [5.41, 5.74) is 2.07. The number of aliphatic hydroxyl groups is 1. The third-order valence-electron chi connectivity index (χ3n) is 8.03. The molecule has 1 aliphatic heterocycles. The number of amides is 1. The van der Waals surface area contributed by atoms with Crippen molar-refractivity contribution in [1.29, 1.82) is 0 Å². The second-order valence-electron chi connectivity index (χ2n) is 9.56. The van der Waals surface area contributed by atoms with Gasteiger partial charge in [0.15, 0.2) is 0 Å². The average Bonchev–Trinajstić information content (AvgIpc) is 2.87. The Bertz CT molecular complexity index is 731. The van der Waals surface area contributed by atoms with E-state index in [9.17, 15) is 9.90 Å². The molecule has 0 spiro atoms. The van der Waals surface area contributed by atoms with Gasteiger partial charge in [-0.15, -0.1) is 0 Å². The lowest BCUT2D eigenvalue weighted by Crippen LogP contribution is -2.62. The van der Waals surface area contributed by atoms with E-state index >= 15 is 0 Å². The molecule has 4 nitrogen and oxygen atoms in total. The molecule has 4 saturated carbocycles. The predicted octanol–water partition coefficient (Wildman–Crippen LogP) is 2.19. The van der Waals surface area contributed by atoms with Gasteiger partial charge in [0.1, 0.15) is 0 Å². The van der Waals surface area contributed by atoms with Crippen LogP contribution >= 0.6 is 0 Å². The SMILES string of the molecule is O=C1[C@@H]2Cc3cccnc3C[C@@H]2CN1C1[C@@H]2CC3C[C@H]1CC(O)(C3)C2. The monoisotopic (exact) mass is 338 g/mol. The predicted molar refractivity (Wildman–Crippen MR) is 92.6 cm³/mol. The number of pyridine rings is 1. The Kier molecular flexibility index (Phi) is 2.85. The van der Waals surface area contributed by atoms with Crippen LogP contribution in [0.25, 0.3) is 0 Å². The fourth-order valence-electron chi connectivity index (χ4n) is 7.40. The molecule has 1 saturated heterocycles. The summed E-state index contributed by atoms with van der Waals surface area (Å²) < 4.78 is 0. The first kappa shape index (κ1) is 14.7. The molecule has 5 fully saturated rings. The van der Waals surface area contributed by atoms with Crippen molar-refractivity contribution in [1.82, 2.24) is 9.88 Å². The lowest BCUT2D eigenvalue weighted by molar-refractivity contribution is -0.168. The van der Waals surface area contributed by atoms with Crippen molar-refractivity contribution in [3.8, 4) is 0 Å². The molecular formula is C21H26N2O2. The summed E-state index contributed by atoms with van der Waals surface area (Å²) in [5, 5.41) is 10.8. The van der Waals surface area contributed by atoms with Crippen LogP contribution in [0.4, 0.5) is 0 Å². The van der Waals surface area contributed by atoms with Crippen molar-refractivity contribution in [2.24, 2.45) is 29.6 Å². The highest BCUT2D eigenvalue weighted by Gasteiger charge is 2.58. The van der Waals surface area contributed by atoms with E-state index < -0.39 is 5.60 Å². The minimum Gasteiger partial charge on any atom is -0.390 e. The highest BCUT2D eigenvalue weighted by molar-refractivity contribution is 5.82. The van der Waals surface area contributed by atoms with Gasteiger partial charge in [0, 0.05) is 30.4 Å². The summed E-state index contributed by atoms with van der Waals surface area (Å²) >= 11 is 0. The van der Waals surface area contributed by atoms with Gasteiger partial charge in [-0.3, -0.25) is 9.78 Å². The highest BCUT2D eigenvalue weighted by atomic mass is 16.3. The molecule has 7 rings (SSSR count). The molecule has 1 N–H and O–H groups in total. The zero-order chi connectivity index (χ0) is 16.8. The first-order valence-electron chi connectivity index (χ1n) is 10.1. The Morgan fingerprint density at radius 1 is 1.12 bits per heavy atom. The number of carbonyl (C=O) groups is 1. The smallest absolute Gasteiger partial charge is 0.226 e. The van der Waals surface area contributed by atoms with Gasteiger partial charge in [-0.25, -0.2) is 0 Å². The van der Waals surface area contributed by atoms with Crippen molar-refractivity contribution in [3.05, 3.63) is 29.6 Å². The lowest BCUT2D eigenvalue weighted by Gasteiger charge is -2.59. The number of aromatic nitrogens is 1. The maximum atomic E-state index is 13.3. The van der Waals surface area contributed by atoms with E-state index in [-0.39, 0.29) is 5.92 Å². The van der Waals surface area contributed by atoms with E-state index in [1.165, 1.54) is 24.1 Å².